The fraction of sp³-hybridized carbons (Fsp3) is 0.333. The van der Waals surface area contributed by atoms with E-state index in [0.717, 1.165) is 13.7 Å². The molecule has 1 unspecified atom stereocenters. The second-order valence-electron chi connectivity index (χ2n) is 4.08. The first-order chi connectivity index (χ1) is 8.15. The third-order valence-corrected chi connectivity index (χ3v) is 7.50. The average molecular weight is 368 g/mol. The van der Waals surface area contributed by atoms with Gasteiger partial charge in [0.1, 0.15) is 5.38 Å². The van der Waals surface area contributed by atoms with Gasteiger partial charge in [-0.1, -0.05) is 11.6 Å². The van der Waals surface area contributed by atoms with Crippen LogP contribution in [0.25, 0.3) is 0 Å². The number of alkyl halides is 1. The van der Waals surface area contributed by atoms with Crippen molar-refractivity contribution in [1.82, 2.24) is 0 Å². The molecule has 2 heterocycles. The monoisotopic (exact) mass is 366 g/mol. The molecule has 0 amide bonds. The Labute approximate surface area is 127 Å². The fourth-order valence-corrected chi connectivity index (χ4v) is 5.57. The summed E-state index contributed by atoms with van der Waals surface area (Å²) in [4.78, 5) is 3.89. The minimum absolute atomic E-state index is 0.0561. The Morgan fingerprint density at radius 2 is 1.94 bits per heavy atom. The minimum Gasteiger partial charge on any atom is -0.143 e. The van der Waals surface area contributed by atoms with Crippen LogP contribution in [0.1, 0.15) is 32.0 Å². The number of hydrogen-bond donors (Lipinski definition) is 0. The lowest BCUT2D eigenvalue weighted by Gasteiger charge is -2.03. The van der Waals surface area contributed by atoms with Gasteiger partial charge in [0.25, 0.3) is 0 Å². The molecule has 1 aliphatic rings. The van der Waals surface area contributed by atoms with E-state index >= 15 is 0 Å². The van der Waals surface area contributed by atoms with Gasteiger partial charge in [0.15, 0.2) is 0 Å². The van der Waals surface area contributed by atoms with Gasteiger partial charge in [-0.15, -0.1) is 34.3 Å². The zero-order valence-corrected chi connectivity index (χ0v) is 13.5. The van der Waals surface area contributed by atoms with Crippen molar-refractivity contribution in [3.8, 4) is 0 Å². The lowest BCUT2D eigenvalue weighted by atomic mass is 10.2. The van der Waals surface area contributed by atoms with E-state index in [1.165, 1.54) is 34.6 Å². The SMILES string of the molecule is Clc1cc(C(Cl)c2cc3c(s2)CCC3)sc1Br. The van der Waals surface area contributed by atoms with E-state index in [1.807, 2.05) is 17.4 Å². The Morgan fingerprint density at radius 1 is 1.18 bits per heavy atom. The molecule has 0 saturated heterocycles. The highest BCUT2D eigenvalue weighted by atomic mass is 79.9. The molecule has 0 spiro atoms. The maximum absolute atomic E-state index is 6.52. The summed E-state index contributed by atoms with van der Waals surface area (Å²) in [6, 6.07) is 4.23. The standard InChI is InChI=1S/C12H9BrCl2S2/c13-12-7(14)5-10(17-12)11(15)9-4-6-2-1-3-8(6)16-9/h4-5,11H,1-3H2. The highest BCUT2D eigenvalue weighted by Crippen LogP contribution is 2.44. The first kappa shape index (κ1) is 12.5. The maximum atomic E-state index is 6.52. The largest absolute Gasteiger partial charge is 0.143 e. The van der Waals surface area contributed by atoms with E-state index in [4.69, 9.17) is 23.2 Å². The maximum Gasteiger partial charge on any atom is 0.102 e. The number of fused-ring (bicyclic) bond motifs is 1. The van der Waals surface area contributed by atoms with E-state index in [0.29, 0.717) is 0 Å². The van der Waals surface area contributed by atoms with Crippen molar-refractivity contribution in [1.29, 1.82) is 0 Å². The minimum atomic E-state index is -0.0561. The van der Waals surface area contributed by atoms with Gasteiger partial charge in [0.05, 0.1) is 8.81 Å². The smallest absolute Gasteiger partial charge is 0.102 e. The van der Waals surface area contributed by atoms with Gasteiger partial charge in [-0.2, -0.15) is 0 Å². The third kappa shape index (κ3) is 2.33. The number of hydrogen-bond acceptors (Lipinski definition) is 2. The van der Waals surface area contributed by atoms with Crippen molar-refractivity contribution < 1.29 is 0 Å². The van der Waals surface area contributed by atoms with Crippen molar-refractivity contribution >= 4 is 61.8 Å². The molecule has 2 aromatic heterocycles. The van der Waals surface area contributed by atoms with Crippen LogP contribution in [0.4, 0.5) is 0 Å². The van der Waals surface area contributed by atoms with Gasteiger partial charge in [0, 0.05) is 14.6 Å². The van der Waals surface area contributed by atoms with Crippen molar-refractivity contribution in [2.75, 3.05) is 0 Å². The number of rotatable bonds is 2. The summed E-state index contributed by atoms with van der Waals surface area (Å²) >= 11 is 19.5. The van der Waals surface area contributed by atoms with Gasteiger partial charge in [-0.25, -0.2) is 0 Å². The molecule has 0 aromatic carbocycles. The summed E-state index contributed by atoms with van der Waals surface area (Å²) in [5.74, 6) is 0. The zero-order valence-electron chi connectivity index (χ0n) is 8.80. The van der Waals surface area contributed by atoms with Crippen LogP contribution in [0, 0.1) is 0 Å². The summed E-state index contributed by atoms with van der Waals surface area (Å²) in [5.41, 5.74) is 1.50. The number of thiophene rings is 2. The van der Waals surface area contributed by atoms with Gasteiger partial charge in [-0.3, -0.25) is 0 Å². The zero-order chi connectivity index (χ0) is 12.0. The predicted octanol–water partition coefficient (Wildman–Crippen LogP) is 6.04. The molecule has 90 valence electrons. The van der Waals surface area contributed by atoms with Crippen molar-refractivity contribution in [3.05, 3.63) is 41.1 Å². The number of aryl methyl sites for hydroxylation is 2. The molecule has 0 fully saturated rings. The summed E-state index contributed by atoms with van der Waals surface area (Å²) in [7, 11) is 0. The van der Waals surface area contributed by atoms with Crippen LogP contribution in [0.2, 0.25) is 5.02 Å². The quantitative estimate of drug-likeness (QED) is 0.567. The van der Waals surface area contributed by atoms with Crippen LogP contribution in [0.3, 0.4) is 0 Å². The lowest BCUT2D eigenvalue weighted by Crippen LogP contribution is -1.85. The summed E-state index contributed by atoms with van der Waals surface area (Å²) < 4.78 is 0.962. The molecule has 2 aromatic rings. The molecule has 0 N–H and O–H groups in total. The van der Waals surface area contributed by atoms with Gasteiger partial charge in [0.2, 0.25) is 0 Å². The Morgan fingerprint density at radius 3 is 2.59 bits per heavy atom. The first-order valence-electron chi connectivity index (χ1n) is 5.35. The van der Waals surface area contributed by atoms with Gasteiger partial charge < -0.3 is 0 Å². The van der Waals surface area contributed by atoms with Crippen molar-refractivity contribution in [3.63, 3.8) is 0 Å². The highest BCUT2D eigenvalue weighted by Gasteiger charge is 2.21. The second-order valence-corrected chi connectivity index (χ2v) is 8.50. The Balaban J connectivity index is 1.92. The molecular formula is C12H9BrCl2S2. The summed E-state index contributed by atoms with van der Waals surface area (Å²) in [5, 5.41) is 0.694. The first-order valence-corrected chi connectivity index (χ1v) is 8.59. The Hall–Kier alpha value is 0.460. The van der Waals surface area contributed by atoms with Crippen LogP contribution < -0.4 is 0 Å². The molecule has 0 saturated carbocycles. The molecule has 0 radical (unpaired) electrons. The van der Waals surface area contributed by atoms with Gasteiger partial charge in [-0.05, 0) is 52.9 Å². The molecule has 17 heavy (non-hydrogen) atoms. The van der Waals surface area contributed by atoms with Crippen molar-refractivity contribution in [2.24, 2.45) is 0 Å². The van der Waals surface area contributed by atoms with Crippen LogP contribution in [-0.2, 0) is 12.8 Å². The number of halogens is 3. The van der Waals surface area contributed by atoms with E-state index in [2.05, 4.69) is 22.0 Å². The van der Waals surface area contributed by atoms with Gasteiger partial charge >= 0.3 is 0 Å². The molecular weight excluding hydrogens is 359 g/mol. The van der Waals surface area contributed by atoms with Crippen LogP contribution in [0.15, 0.2) is 15.9 Å². The summed E-state index contributed by atoms with van der Waals surface area (Å²) in [6.07, 6.45) is 3.73. The molecule has 0 bridgehead atoms. The topological polar surface area (TPSA) is 0 Å². The van der Waals surface area contributed by atoms with Crippen LogP contribution in [-0.4, -0.2) is 0 Å². The van der Waals surface area contributed by atoms with Crippen LogP contribution >= 0.6 is 61.8 Å². The van der Waals surface area contributed by atoms with E-state index in [9.17, 15) is 0 Å². The summed E-state index contributed by atoms with van der Waals surface area (Å²) in [6.45, 7) is 0. The van der Waals surface area contributed by atoms with E-state index in [-0.39, 0.29) is 5.38 Å². The lowest BCUT2D eigenvalue weighted by molar-refractivity contribution is 0.913. The third-order valence-electron chi connectivity index (χ3n) is 2.93. The molecule has 0 nitrogen and oxygen atoms in total. The van der Waals surface area contributed by atoms with Crippen molar-refractivity contribution in [2.45, 2.75) is 24.6 Å². The predicted molar refractivity (Wildman–Crippen MR) is 81.1 cm³/mol. The second kappa shape index (κ2) is 4.86. The fourth-order valence-electron chi connectivity index (χ4n) is 2.11. The molecule has 1 atom stereocenters. The van der Waals surface area contributed by atoms with E-state index in [1.54, 1.807) is 11.3 Å². The Bertz CT molecular complexity index is 518. The van der Waals surface area contributed by atoms with E-state index < -0.39 is 0 Å². The molecule has 5 heteroatoms. The molecule has 3 rings (SSSR count). The molecule has 0 aliphatic heterocycles. The molecule has 1 aliphatic carbocycles. The normalized spacial score (nSPS) is 16.2. The average Bonchev–Trinajstić information content (AvgIpc) is 2.92. The highest BCUT2D eigenvalue weighted by molar-refractivity contribution is 9.11. The Kier molecular flexibility index (Phi) is 3.57. The van der Waals surface area contributed by atoms with Crippen LogP contribution in [0.5, 0.6) is 0 Å².